The molecule has 0 saturated heterocycles. The number of hydrogen-bond acceptors (Lipinski definition) is 5. The van der Waals surface area contributed by atoms with Crippen LogP contribution in [0.5, 0.6) is 5.75 Å². The summed E-state index contributed by atoms with van der Waals surface area (Å²) in [5, 5.41) is 11.1. The summed E-state index contributed by atoms with van der Waals surface area (Å²) in [4.78, 5) is 4.25. The third-order valence-corrected chi connectivity index (χ3v) is 2.57. The van der Waals surface area contributed by atoms with Crippen LogP contribution in [0.1, 0.15) is 0 Å². The predicted octanol–water partition coefficient (Wildman–Crippen LogP) is 1.88. The van der Waals surface area contributed by atoms with Crippen LogP contribution in [0.4, 0.5) is 11.5 Å². The molecule has 1 aromatic carbocycles. The maximum Gasteiger partial charge on any atom is 0.203 e. The Morgan fingerprint density at radius 2 is 2.06 bits per heavy atom. The summed E-state index contributed by atoms with van der Waals surface area (Å²) in [5.41, 5.74) is 1.60. The molecule has 90 valence electrons. The summed E-state index contributed by atoms with van der Waals surface area (Å²) >= 11 is 0. The number of fused-ring (bicyclic) bond motifs is 1. The quantitative estimate of drug-likeness (QED) is 0.758. The van der Waals surface area contributed by atoms with Gasteiger partial charge in [0.2, 0.25) is 5.65 Å². The van der Waals surface area contributed by atoms with Gasteiger partial charge in [0.1, 0.15) is 12.1 Å². The average molecular weight is 241 g/mol. The van der Waals surface area contributed by atoms with E-state index in [2.05, 4.69) is 20.5 Å². The van der Waals surface area contributed by atoms with Crippen LogP contribution in [0.2, 0.25) is 0 Å². The maximum absolute atomic E-state index is 5.11. The zero-order chi connectivity index (χ0) is 12.4. The number of aromatic nitrogens is 4. The molecule has 0 aliphatic rings. The highest BCUT2D eigenvalue weighted by Gasteiger charge is 2.04. The van der Waals surface area contributed by atoms with E-state index in [0.717, 1.165) is 11.4 Å². The molecule has 3 rings (SSSR count). The topological polar surface area (TPSA) is 64.3 Å². The lowest BCUT2D eigenvalue weighted by molar-refractivity contribution is 0.415. The van der Waals surface area contributed by atoms with Gasteiger partial charge in [0.25, 0.3) is 0 Å². The minimum Gasteiger partial charge on any atom is -0.497 e. The van der Waals surface area contributed by atoms with E-state index in [0.29, 0.717) is 11.5 Å². The van der Waals surface area contributed by atoms with Crippen LogP contribution in [0, 0.1) is 0 Å². The zero-order valence-corrected chi connectivity index (χ0v) is 9.74. The Hall–Kier alpha value is -2.63. The number of hydrogen-bond donors (Lipinski definition) is 1. The molecule has 3 aromatic rings. The number of methoxy groups -OCH3 is 1. The smallest absolute Gasteiger partial charge is 0.203 e. The first-order valence-electron chi connectivity index (χ1n) is 5.42. The fourth-order valence-electron chi connectivity index (χ4n) is 1.66. The summed E-state index contributed by atoms with van der Waals surface area (Å²) in [6.45, 7) is 0. The molecule has 0 spiro atoms. The second kappa shape index (κ2) is 4.33. The highest BCUT2D eigenvalue weighted by Crippen LogP contribution is 2.20. The van der Waals surface area contributed by atoms with Gasteiger partial charge in [-0.15, -0.1) is 10.2 Å². The number of ether oxygens (including phenoxy) is 1. The molecule has 1 N–H and O–H groups in total. The van der Waals surface area contributed by atoms with Gasteiger partial charge in [-0.2, -0.15) is 0 Å². The molecule has 0 aliphatic heterocycles. The fourth-order valence-corrected chi connectivity index (χ4v) is 1.66. The van der Waals surface area contributed by atoms with Crippen molar-refractivity contribution in [1.29, 1.82) is 0 Å². The van der Waals surface area contributed by atoms with Crippen molar-refractivity contribution in [2.45, 2.75) is 0 Å². The van der Waals surface area contributed by atoms with E-state index in [4.69, 9.17) is 4.74 Å². The first-order valence-corrected chi connectivity index (χ1v) is 5.42. The van der Waals surface area contributed by atoms with Crippen LogP contribution in [-0.4, -0.2) is 26.7 Å². The van der Waals surface area contributed by atoms with Gasteiger partial charge in [0.05, 0.1) is 7.11 Å². The van der Waals surface area contributed by atoms with Crippen molar-refractivity contribution in [3.8, 4) is 5.75 Å². The van der Waals surface area contributed by atoms with E-state index < -0.39 is 0 Å². The number of anilines is 2. The van der Waals surface area contributed by atoms with Crippen molar-refractivity contribution in [3.05, 3.63) is 43.0 Å². The molecule has 0 aliphatic carbocycles. The van der Waals surface area contributed by atoms with E-state index >= 15 is 0 Å². The lowest BCUT2D eigenvalue weighted by Crippen LogP contribution is -1.97. The summed E-state index contributed by atoms with van der Waals surface area (Å²) in [5.74, 6) is 1.48. The number of nitrogens with zero attached hydrogens (tertiary/aromatic N) is 4. The highest BCUT2D eigenvalue weighted by atomic mass is 16.5. The van der Waals surface area contributed by atoms with Gasteiger partial charge in [-0.3, -0.25) is 4.40 Å². The molecule has 0 radical (unpaired) electrons. The van der Waals surface area contributed by atoms with Gasteiger partial charge < -0.3 is 10.1 Å². The largest absolute Gasteiger partial charge is 0.497 e. The zero-order valence-electron chi connectivity index (χ0n) is 9.74. The normalized spacial score (nSPS) is 10.5. The summed E-state index contributed by atoms with van der Waals surface area (Å²) in [6.07, 6.45) is 5.13. The molecular weight excluding hydrogens is 230 g/mol. The standard InChI is InChI=1S/C12H11N5O/c1-18-10-4-2-9(3-5-10)15-11-12-16-14-8-17(12)7-6-13-11/h2-8H,1H3,(H,13,15). The first-order chi connectivity index (χ1) is 8.86. The van der Waals surface area contributed by atoms with Gasteiger partial charge in [-0.25, -0.2) is 4.98 Å². The van der Waals surface area contributed by atoms with Gasteiger partial charge in [-0.1, -0.05) is 0 Å². The molecule has 2 aromatic heterocycles. The molecule has 0 unspecified atom stereocenters. The van der Waals surface area contributed by atoms with Crippen LogP contribution < -0.4 is 10.1 Å². The van der Waals surface area contributed by atoms with Gasteiger partial charge >= 0.3 is 0 Å². The molecule has 0 saturated carbocycles. The monoisotopic (exact) mass is 241 g/mol. The Morgan fingerprint density at radius 3 is 2.83 bits per heavy atom. The van der Waals surface area contributed by atoms with Crippen molar-refractivity contribution < 1.29 is 4.74 Å². The second-order valence-corrected chi connectivity index (χ2v) is 3.69. The SMILES string of the molecule is COc1ccc(Nc2nccn3cnnc23)cc1. The van der Waals surface area contributed by atoms with Crippen LogP contribution in [0.25, 0.3) is 5.65 Å². The van der Waals surface area contributed by atoms with Crippen molar-refractivity contribution in [3.63, 3.8) is 0 Å². The Balaban J connectivity index is 1.93. The third kappa shape index (κ3) is 1.84. The molecule has 6 nitrogen and oxygen atoms in total. The lowest BCUT2D eigenvalue weighted by atomic mass is 10.3. The van der Waals surface area contributed by atoms with Crippen molar-refractivity contribution >= 4 is 17.2 Å². The summed E-state index contributed by atoms with van der Waals surface area (Å²) < 4.78 is 6.91. The Labute approximate surface area is 103 Å². The fraction of sp³-hybridized carbons (Fsp3) is 0.0833. The summed E-state index contributed by atoms with van der Waals surface area (Å²) in [6, 6.07) is 7.60. The Morgan fingerprint density at radius 1 is 1.22 bits per heavy atom. The van der Waals surface area contributed by atoms with Crippen molar-refractivity contribution in [2.24, 2.45) is 0 Å². The Kier molecular flexibility index (Phi) is 2.53. The Bertz CT molecular complexity index is 662. The number of benzene rings is 1. The van der Waals surface area contributed by atoms with E-state index in [1.165, 1.54) is 0 Å². The first kappa shape index (κ1) is 10.5. The molecule has 6 heteroatoms. The van der Waals surface area contributed by atoms with E-state index in [-0.39, 0.29) is 0 Å². The van der Waals surface area contributed by atoms with Gasteiger partial charge in [0, 0.05) is 18.1 Å². The molecule has 0 fully saturated rings. The van der Waals surface area contributed by atoms with E-state index in [1.54, 1.807) is 30.2 Å². The summed E-state index contributed by atoms with van der Waals surface area (Å²) in [7, 11) is 1.64. The van der Waals surface area contributed by atoms with Gasteiger partial charge in [-0.05, 0) is 24.3 Å². The van der Waals surface area contributed by atoms with Crippen LogP contribution in [0.3, 0.4) is 0 Å². The molecular formula is C12H11N5O. The minimum absolute atomic E-state index is 0.667. The second-order valence-electron chi connectivity index (χ2n) is 3.69. The number of rotatable bonds is 3. The van der Waals surface area contributed by atoms with Crippen molar-refractivity contribution in [2.75, 3.05) is 12.4 Å². The minimum atomic E-state index is 0.667. The van der Waals surface area contributed by atoms with Crippen LogP contribution in [-0.2, 0) is 0 Å². The molecule has 2 heterocycles. The van der Waals surface area contributed by atoms with Gasteiger partial charge in [0.15, 0.2) is 5.82 Å². The lowest BCUT2D eigenvalue weighted by Gasteiger charge is -2.06. The number of nitrogens with one attached hydrogen (secondary N) is 1. The average Bonchev–Trinajstić information content (AvgIpc) is 2.89. The van der Waals surface area contributed by atoms with Crippen molar-refractivity contribution in [1.82, 2.24) is 19.6 Å². The molecule has 0 atom stereocenters. The maximum atomic E-state index is 5.11. The molecule has 0 amide bonds. The van der Waals surface area contributed by atoms with E-state index in [1.807, 2.05) is 24.3 Å². The third-order valence-electron chi connectivity index (χ3n) is 2.57. The molecule has 0 bridgehead atoms. The van der Waals surface area contributed by atoms with Crippen LogP contribution >= 0.6 is 0 Å². The highest BCUT2D eigenvalue weighted by molar-refractivity contribution is 5.69. The predicted molar refractivity (Wildman–Crippen MR) is 67.1 cm³/mol. The molecule has 18 heavy (non-hydrogen) atoms. The van der Waals surface area contributed by atoms with Crippen LogP contribution in [0.15, 0.2) is 43.0 Å². The van der Waals surface area contributed by atoms with E-state index in [9.17, 15) is 0 Å².